The number of aliphatic carboxylic acids is 1. The molecular weight excluding hydrogens is 296 g/mol. The summed E-state index contributed by atoms with van der Waals surface area (Å²) in [5.41, 5.74) is 1.39. The summed E-state index contributed by atoms with van der Waals surface area (Å²) in [6.07, 6.45) is 0. The number of fused-ring (bicyclic) bond motifs is 1. The third-order valence-electron chi connectivity index (χ3n) is 3.49. The highest BCUT2D eigenvalue weighted by Gasteiger charge is 2.15. The van der Waals surface area contributed by atoms with Crippen molar-refractivity contribution < 1.29 is 14.6 Å². The maximum atomic E-state index is 12.7. The van der Waals surface area contributed by atoms with Crippen molar-refractivity contribution in [2.45, 2.75) is 6.54 Å². The second-order valence-corrected chi connectivity index (χ2v) is 4.97. The minimum atomic E-state index is -1.10. The van der Waals surface area contributed by atoms with Crippen molar-refractivity contribution in [2.75, 3.05) is 7.11 Å². The third kappa shape index (κ3) is 2.78. The van der Waals surface area contributed by atoms with Gasteiger partial charge in [0.15, 0.2) is 0 Å². The first kappa shape index (κ1) is 14.8. The van der Waals surface area contributed by atoms with Crippen molar-refractivity contribution in [2.24, 2.45) is 0 Å². The predicted molar refractivity (Wildman–Crippen MR) is 85.6 cm³/mol. The van der Waals surface area contributed by atoms with Gasteiger partial charge >= 0.3 is 5.97 Å². The number of carbonyl (C=O) groups is 1. The fourth-order valence-electron chi connectivity index (χ4n) is 2.42. The minimum absolute atomic E-state index is 0.226. The number of nitrogens with zero attached hydrogens (tertiary/aromatic N) is 2. The Labute approximate surface area is 131 Å². The van der Waals surface area contributed by atoms with E-state index < -0.39 is 18.1 Å². The van der Waals surface area contributed by atoms with Crippen LogP contribution in [0.15, 0.2) is 53.3 Å². The monoisotopic (exact) mass is 310 g/mol. The van der Waals surface area contributed by atoms with E-state index in [4.69, 9.17) is 9.84 Å². The lowest BCUT2D eigenvalue weighted by Crippen LogP contribution is -2.27. The number of carboxylic acid groups (broad SMARTS) is 1. The summed E-state index contributed by atoms with van der Waals surface area (Å²) >= 11 is 0. The zero-order chi connectivity index (χ0) is 16.4. The second kappa shape index (κ2) is 5.92. The van der Waals surface area contributed by atoms with Gasteiger partial charge in [0, 0.05) is 11.6 Å². The molecule has 0 aliphatic heterocycles. The summed E-state index contributed by atoms with van der Waals surface area (Å²) in [5.74, 6) is -0.563. The van der Waals surface area contributed by atoms with Gasteiger partial charge in [-0.2, -0.15) is 0 Å². The van der Waals surface area contributed by atoms with Crippen molar-refractivity contribution in [1.82, 2.24) is 9.55 Å². The molecule has 0 unspecified atom stereocenters. The molecule has 0 aliphatic carbocycles. The number of benzene rings is 2. The molecule has 0 aliphatic rings. The number of carboxylic acids is 1. The molecule has 0 bridgehead atoms. The normalized spacial score (nSPS) is 10.7. The van der Waals surface area contributed by atoms with E-state index >= 15 is 0 Å². The Kier molecular flexibility index (Phi) is 3.80. The number of rotatable bonds is 4. The Morgan fingerprint density at radius 1 is 1.22 bits per heavy atom. The summed E-state index contributed by atoms with van der Waals surface area (Å²) in [4.78, 5) is 28.3. The molecular formula is C17H14N2O4. The summed E-state index contributed by atoms with van der Waals surface area (Å²) in [6, 6.07) is 14.0. The molecule has 2 aromatic carbocycles. The van der Waals surface area contributed by atoms with Crippen molar-refractivity contribution in [3.63, 3.8) is 0 Å². The lowest BCUT2D eigenvalue weighted by atomic mass is 10.1. The Hall–Kier alpha value is -3.15. The quantitative estimate of drug-likeness (QED) is 0.798. The molecule has 6 nitrogen and oxygen atoms in total. The number of hydrogen-bond donors (Lipinski definition) is 1. The smallest absolute Gasteiger partial charge is 0.323 e. The van der Waals surface area contributed by atoms with E-state index in [2.05, 4.69) is 4.98 Å². The molecule has 6 heteroatoms. The van der Waals surface area contributed by atoms with Crippen LogP contribution >= 0.6 is 0 Å². The minimum Gasteiger partial charge on any atom is -0.497 e. The predicted octanol–water partition coefficient (Wildman–Crippen LogP) is 2.16. The van der Waals surface area contributed by atoms with Crippen LogP contribution < -0.4 is 10.3 Å². The molecule has 3 aromatic rings. The van der Waals surface area contributed by atoms with Crippen molar-refractivity contribution >= 4 is 17.0 Å². The topological polar surface area (TPSA) is 81.4 Å². The Morgan fingerprint density at radius 2 is 1.96 bits per heavy atom. The molecule has 23 heavy (non-hydrogen) atoms. The SMILES string of the molecule is COc1ccc2nc(-c3ccccc3)c(=O)n(CC(=O)O)c2c1. The van der Waals surface area contributed by atoms with Gasteiger partial charge in [0.05, 0.1) is 18.1 Å². The molecule has 0 spiro atoms. The molecule has 1 heterocycles. The molecule has 0 radical (unpaired) electrons. The van der Waals surface area contributed by atoms with Gasteiger partial charge < -0.3 is 9.84 Å². The number of methoxy groups -OCH3 is 1. The Bertz CT molecular complexity index is 932. The number of hydrogen-bond acceptors (Lipinski definition) is 4. The van der Waals surface area contributed by atoms with Gasteiger partial charge in [-0.25, -0.2) is 4.98 Å². The maximum absolute atomic E-state index is 12.7. The van der Waals surface area contributed by atoms with Gasteiger partial charge in [-0.15, -0.1) is 0 Å². The highest BCUT2D eigenvalue weighted by atomic mass is 16.5. The molecule has 1 N–H and O–H groups in total. The molecule has 0 saturated carbocycles. The van der Waals surface area contributed by atoms with E-state index in [-0.39, 0.29) is 5.69 Å². The van der Waals surface area contributed by atoms with Crippen LogP contribution in [0, 0.1) is 0 Å². The molecule has 116 valence electrons. The van der Waals surface area contributed by atoms with Crippen LogP contribution in [0.1, 0.15) is 0 Å². The first-order valence-corrected chi connectivity index (χ1v) is 6.96. The van der Waals surface area contributed by atoms with Gasteiger partial charge in [-0.05, 0) is 12.1 Å². The third-order valence-corrected chi connectivity index (χ3v) is 3.49. The lowest BCUT2D eigenvalue weighted by Gasteiger charge is -2.11. The average Bonchev–Trinajstić information content (AvgIpc) is 2.57. The molecule has 0 fully saturated rings. The van der Waals surface area contributed by atoms with Crippen LogP contribution in [0.2, 0.25) is 0 Å². The zero-order valence-corrected chi connectivity index (χ0v) is 12.4. The fourth-order valence-corrected chi connectivity index (χ4v) is 2.42. The average molecular weight is 310 g/mol. The molecule has 0 amide bonds. The van der Waals surface area contributed by atoms with Crippen LogP contribution in [0.4, 0.5) is 0 Å². The number of ether oxygens (including phenoxy) is 1. The number of aromatic nitrogens is 2. The van der Waals surface area contributed by atoms with Crippen molar-refractivity contribution in [3.8, 4) is 17.0 Å². The standard InChI is InChI=1S/C17H14N2O4/c1-23-12-7-8-13-14(9-12)19(10-15(20)21)17(22)16(18-13)11-5-3-2-4-6-11/h2-9H,10H2,1H3,(H,20,21). The van der Waals surface area contributed by atoms with Crippen molar-refractivity contribution in [1.29, 1.82) is 0 Å². The molecule has 1 aromatic heterocycles. The van der Waals surface area contributed by atoms with Gasteiger partial charge in [-0.1, -0.05) is 30.3 Å². The van der Waals surface area contributed by atoms with Gasteiger partial charge in [0.1, 0.15) is 18.0 Å². The van der Waals surface area contributed by atoms with Crippen LogP contribution in [0.3, 0.4) is 0 Å². The highest BCUT2D eigenvalue weighted by molar-refractivity contribution is 5.81. The fraction of sp³-hybridized carbons (Fsp3) is 0.118. The first-order valence-electron chi connectivity index (χ1n) is 6.96. The second-order valence-electron chi connectivity index (χ2n) is 4.97. The van der Waals surface area contributed by atoms with E-state index in [1.54, 1.807) is 42.5 Å². The lowest BCUT2D eigenvalue weighted by molar-refractivity contribution is -0.137. The summed E-state index contributed by atoms with van der Waals surface area (Å²) in [7, 11) is 1.51. The largest absolute Gasteiger partial charge is 0.497 e. The van der Waals surface area contributed by atoms with Crippen molar-refractivity contribution in [3.05, 3.63) is 58.9 Å². The first-order chi connectivity index (χ1) is 11.1. The Morgan fingerprint density at radius 3 is 2.61 bits per heavy atom. The summed E-state index contributed by atoms with van der Waals surface area (Å²) in [5, 5.41) is 9.13. The molecule has 3 rings (SSSR count). The van der Waals surface area contributed by atoms with E-state index in [0.717, 1.165) is 0 Å². The van der Waals surface area contributed by atoms with Crippen LogP contribution in [0.25, 0.3) is 22.3 Å². The van der Waals surface area contributed by atoms with Crippen LogP contribution in [-0.4, -0.2) is 27.7 Å². The van der Waals surface area contributed by atoms with Gasteiger partial charge in [-0.3, -0.25) is 14.2 Å². The molecule has 0 atom stereocenters. The van der Waals surface area contributed by atoms with Crippen LogP contribution in [0.5, 0.6) is 5.75 Å². The Balaban J connectivity index is 2.34. The van der Waals surface area contributed by atoms with E-state index in [1.165, 1.54) is 11.7 Å². The van der Waals surface area contributed by atoms with Crippen LogP contribution in [-0.2, 0) is 11.3 Å². The zero-order valence-electron chi connectivity index (χ0n) is 12.4. The maximum Gasteiger partial charge on any atom is 0.323 e. The van der Waals surface area contributed by atoms with E-state index in [0.29, 0.717) is 22.3 Å². The van der Waals surface area contributed by atoms with E-state index in [9.17, 15) is 9.59 Å². The highest BCUT2D eigenvalue weighted by Crippen LogP contribution is 2.21. The van der Waals surface area contributed by atoms with Gasteiger partial charge in [0.2, 0.25) is 0 Å². The van der Waals surface area contributed by atoms with E-state index in [1.807, 2.05) is 6.07 Å². The van der Waals surface area contributed by atoms with Gasteiger partial charge in [0.25, 0.3) is 5.56 Å². The summed E-state index contributed by atoms with van der Waals surface area (Å²) < 4.78 is 6.35. The molecule has 0 saturated heterocycles. The summed E-state index contributed by atoms with van der Waals surface area (Å²) in [6.45, 7) is -0.440.